The van der Waals surface area contributed by atoms with Gasteiger partial charge in [0.25, 0.3) is 11.8 Å². The average molecular weight is 365 g/mol. The van der Waals surface area contributed by atoms with Gasteiger partial charge in [0.05, 0.1) is 0 Å². The van der Waals surface area contributed by atoms with E-state index in [0.29, 0.717) is 22.8 Å². The van der Waals surface area contributed by atoms with Gasteiger partial charge in [0.2, 0.25) is 5.82 Å². The lowest BCUT2D eigenvalue weighted by molar-refractivity contribution is 0.0635. The van der Waals surface area contributed by atoms with Gasteiger partial charge in [-0.25, -0.2) is 4.39 Å². The Morgan fingerprint density at radius 2 is 1.78 bits per heavy atom. The number of carbonyl (C=O) groups is 1. The molecular formula is C21H20FN3O2. The van der Waals surface area contributed by atoms with Crippen LogP contribution in [-0.4, -0.2) is 33.5 Å². The molecule has 1 fully saturated rings. The summed E-state index contributed by atoms with van der Waals surface area (Å²) in [5.41, 5.74) is 2.07. The monoisotopic (exact) mass is 365 g/mol. The Morgan fingerprint density at radius 1 is 1.07 bits per heavy atom. The first-order valence-electron chi connectivity index (χ1n) is 9.13. The van der Waals surface area contributed by atoms with Gasteiger partial charge in [-0.15, -0.1) is 0 Å². The van der Waals surface area contributed by atoms with Crippen molar-refractivity contribution < 1.29 is 13.7 Å². The molecule has 1 aliphatic rings. The topological polar surface area (TPSA) is 59.2 Å². The molecule has 0 N–H and O–H groups in total. The van der Waals surface area contributed by atoms with E-state index in [9.17, 15) is 9.18 Å². The molecule has 0 aliphatic carbocycles. The summed E-state index contributed by atoms with van der Waals surface area (Å²) in [7, 11) is 0. The molecule has 0 bridgehead atoms. The van der Waals surface area contributed by atoms with Crippen LogP contribution in [0.4, 0.5) is 4.39 Å². The van der Waals surface area contributed by atoms with Crippen molar-refractivity contribution in [2.45, 2.75) is 32.2 Å². The molecule has 0 radical (unpaired) electrons. The third-order valence-electron chi connectivity index (χ3n) is 4.97. The Morgan fingerprint density at radius 3 is 2.48 bits per heavy atom. The number of piperidine rings is 1. The van der Waals surface area contributed by atoms with E-state index >= 15 is 0 Å². The van der Waals surface area contributed by atoms with E-state index in [4.69, 9.17) is 4.52 Å². The average Bonchev–Trinajstić information content (AvgIpc) is 3.19. The van der Waals surface area contributed by atoms with E-state index < -0.39 is 0 Å². The lowest BCUT2D eigenvalue weighted by atomic mass is 10.0. The van der Waals surface area contributed by atoms with Crippen LogP contribution in [0.15, 0.2) is 53.1 Å². The fraction of sp³-hybridized carbons (Fsp3) is 0.286. The minimum atomic E-state index is -0.314. The fourth-order valence-electron chi connectivity index (χ4n) is 3.38. The minimum Gasteiger partial charge on any atom is -0.336 e. The lowest BCUT2D eigenvalue weighted by Crippen LogP contribution is -2.41. The summed E-state index contributed by atoms with van der Waals surface area (Å²) in [4.78, 5) is 19.0. The normalized spacial score (nSPS) is 17.1. The van der Waals surface area contributed by atoms with Gasteiger partial charge in [0, 0.05) is 29.3 Å². The van der Waals surface area contributed by atoms with E-state index in [1.807, 2.05) is 17.0 Å². The van der Waals surface area contributed by atoms with Crippen LogP contribution in [0.3, 0.4) is 0 Å². The number of nitrogens with zero attached hydrogens (tertiary/aromatic N) is 3. The van der Waals surface area contributed by atoms with Crippen LogP contribution in [0.2, 0.25) is 0 Å². The van der Waals surface area contributed by atoms with Crippen molar-refractivity contribution in [1.82, 2.24) is 15.0 Å². The molecule has 2 aromatic carbocycles. The Labute approximate surface area is 156 Å². The van der Waals surface area contributed by atoms with Gasteiger partial charge in [-0.3, -0.25) is 4.79 Å². The first-order chi connectivity index (χ1) is 13.1. The van der Waals surface area contributed by atoms with Crippen molar-refractivity contribution in [3.8, 4) is 22.8 Å². The van der Waals surface area contributed by atoms with Gasteiger partial charge in [-0.05, 0) is 74.7 Å². The first kappa shape index (κ1) is 17.4. The molecule has 4 rings (SSSR count). The molecule has 1 unspecified atom stereocenters. The second kappa shape index (κ2) is 7.31. The quantitative estimate of drug-likeness (QED) is 0.683. The third-order valence-corrected chi connectivity index (χ3v) is 4.97. The zero-order chi connectivity index (χ0) is 18.8. The van der Waals surface area contributed by atoms with Crippen molar-refractivity contribution in [3.05, 3.63) is 59.9 Å². The summed E-state index contributed by atoms with van der Waals surface area (Å²) in [6, 6.07) is 13.4. The molecule has 1 atom stereocenters. The van der Waals surface area contributed by atoms with E-state index in [1.165, 1.54) is 18.6 Å². The SMILES string of the molecule is CC1CCCCN1C(=O)c1ccc(-c2nc(-c3ccc(F)cc3)no2)cc1. The van der Waals surface area contributed by atoms with Crippen LogP contribution in [0, 0.1) is 5.82 Å². The Hall–Kier alpha value is -3.02. The van der Waals surface area contributed by atoms with Gasteiger partial charge in [-0.2, -0.15) is 4.98 Å². The van der Waals surface area contributed by atoms with Crippen LogP contribution >= 0.6 is 0 Å². The van der Waals surface area contributed by atoms with Crippen molar-refractivity contribution in [2.24, 2.45) is 0 Å². The highest BCUT2D eigenvalue weighted by atomic mass is 19.1. The summed E-state index contributed by atoms with van der Waals surface area (Å²) in [6.45, 7) is 2.91. The minimum absolute atomic E-state index is 0.0614. The predicted molar refractivity (Wildman–Crippen MR) is 99.5 cm³/mol. The zero-order valence-electron chi connectivity index (χ0n) is 15.1. The van der Waals surface area contributed by atoms with Crippen molar-refractivity contribution in [3.63, 3.8) is 0 Å². The summed E-state index contributed by atoms with van der Waals surface area (Å²) in [6.07, 6.45) is 3.29. The van der Waals surface area contributed by atoms with Crippen LogP contribution < -0.4 is 0 Å². The van der Waals surface area contributed by atoms with Gasteiger partial charge in [-0.1, -0.05) is 5.16 Å². The van der Waals surface area contributed by atoms with Crippen molar-refractivity contribution in [2.75, 3.05) is 6.54 Å². The molecule has 27 heavy (non-hydrogen) atoms. The van der Waals surface area contributed by atoms with Crippen molar-refractivity contribution >= 4 is 5.91 Å². The van der Waals surface area contributed by atoms with E-state index in [0.717, 1.165) is 24.9 Å². The second-order valence-corrected chi connectivity index (χ2v) is 6.85. The molecule has 2 heterocycles. The molecule has 5 nitrogen and oxygen atoms in total. The molecule has 1 saturated heterocycles. The summed E-state index contributed by atoms with van der Waals surface area (Å²) in [5, 5.41) is 3.95. The maximum absolute atomic E-state index is 13.0. The fourth-order valence-corrected chi connectivity index (χ4v) is 3.38. The molecule has 3 aromatic rings. The summed E-state index contributed by atoms with van der Waals surface area (Å²) < 4.78 is 18.4. The van der Waals surface area contributed by atoms with Crippen LogP contribution in [0.5, 0.6) is 0 Å². The molecule has 1 aromatic heterocycles. The van der Waals surface area contributed by atoms with E-state index in [-0.39, 0.29) is 17.8 Å². The van der Waals surface area contributed by atoms with Gasteiger partial charge in [0.15, 0.2) is 0 Å². The molecule has 138 valence electrons. The number of rotatable bonds is 3. The standard InChI is InChI=1S/C21H20FN3O2/c1-14-4-2-3-13-25(14)21(26)17-7-5-16(6-8-17)20-23-19(24-27-20)15-9-11-18(22)12-10-15/h5-12,14H,2-4,13H2,1H3. The Bertz CT molecular complexity index is 935. The Balaban J connectivity index is 1.52. The highest BCUT2D eigenvalue weighted by Crippen LogP contribution is 2.24. The largest absolute Gasteiger partial charge is 0.336 e. The van der Waals surface area contributed by atoms with Crippen LogP contribution in [0.25, 0.3) is 22.8 Å². The number of hydrogen-bond donors (Lipinski definition) is 0. The number of amides is 1. The predicted octanol–water partition coefficient (Wildman–Crippen LogP) is 4.56. The molecular weight excluding hydrogens is 345 g/mol. The number of carbonyl (C=O) groups excluding carboxylic acids is 1. The van der Waals surface area contributed by atoms with E-state index in [2.05, 4.69) is 17.1 Å². The molecule has 6 heteroatoms. The highest BCUT2D eigenvalue weighted by molar-refractivity contribution is 5.94. The molecule has 1 amide bonds. The second-order valence-electron chi connectivity index (χ2n) is 6.85. The maximum atomic E-state index is 13.0. The third kappa shape index (κ3) is 3.60. The number of benzene rings is 2. The Kier molecular flexibility index (Phi) is 4.71. The summed E-state index contributed by atoms with van der Waals surface area (Å²) in [5.74, 6) is 0.504. The summed E-state index contributed by atoms with van der Waals surface area (Å²) >= 11 is 0. The first-order valence-corrected chi connectivity index (χ1v) is 9.13. The van der Waals surface area contributed by atoms with Crippen LogP contribution in [0.1, 0.15) is 36.5 Å². The number of hydrogen-bond acceptors (Lipinski definition) is 4. The van der Waals surface area contributed by atoms with Gasteiger partial charge >= 0.3 is 0 Å². The van der Waals surface area contributed by atoms with Gasteiger partial charge < -0.3 is 9.42 Å². The lowest BCUT2D eigenvalue weighted by Gasteiger charge is -2.33. The van der Waals surface area contributed by atoms with Crippen LogP contribution in [-0.2, 0) is 0 Å². The van der Waals surface area contributed by atoms with Gasteiger partial charge in [0.1, 0.15) is 5.82 Å². The molecule has 1 aliphatic heterocycles. The highest BCUT2D eigenvalue weighted by Gasteiger charge is 2.24. The molecule has 0 saturated carbocycles. The number of likely N-dealkylation sites (tertiary alicyclic amines) is 1. The maximum Gasteiger partial charge on any atom is 0.258 e. The smallest absolute Gasteiger partial charge is 0.258 e. The molecule has 0 spiro atoms. The van der Waals surface area contributed by atoms with Crippen molar-refractivity contribution in [1.29, 1.82) is 0 Å². The zero-order valence-corrected chi connectivity index (χ0v) is 15.1. The number of halogens is 1. The van der Waals surface area contributed by atoms with E-state index in [1.54, 1.807) is 24.3 Å². The number of aromatic nitrogens is 2.